The molecule has 2 aromatic heterocycles. The van der Waals surface area contributed by atoms with Gasteiger partial charge in [0.25, 0.3) is 0 Å². The number of halogens is 1. The highest BCUT2D eigenvalue weighted by atomic mass is 19.1. The monoisotopic (exact) mass is 470 g/mol. The summed E-state index contributed by atoms with van der Waals surface area (Å²) in [5.74, 6) is -1.67. The fourth-order valence-corrected chi connectivity index (χ4v) is 3.95. The van der Waals surface area contributed by atoms with Crippen LogP contribution in [0.15, 0.2) is 89.6 Å². The number of hydrogen-bond donors (Lipinski definition) is 2. The summed E-state index contributed by atoms with van der Waals surface area (Å²) in [5, 5.41) is 25.7. The van der Waals surface area contributed by atoms with Crippen LogP contribution in [0.2, 0.25) is 0 Å². The molecule has 0 bridgehead atoms. The predicted molar refractivity (Wildman–Crippen MR) is 126 cm³/mol. The largest absolute Gasteiger partial charge is 0.503 e. The molecule has 0 aliphatic carbocycles. The summed E-state index contributed by atoms with van der Waals surface area (Å²) >= 11 is 0. The Morgan fingerprint density at radius 1 is 0.971 bits per heavy atom. The number of carbonyl (C=O) groups is 1. The molecule has 8 heteroatoms. The van der Waals surface area contributed by atoms with Crippen molar-refractivity contribution in [2.45, 2.75) is 0 Å². The average molecular weight is 470 g/mol. The molecule has 7 nitrogen and oxygen atoms in total. The molecule has 5 aromatic rings. The maximum Gasteiger partial charge on any atom is 0.240 e. The molecule has 0 amide bonds. The lowest BCUT2D eigenvalue weighted by atomic mass is 9.99. The van der Waals surface area contributed by atoms with E-state index in [1.165, 1.54) is 36.1 Å². The van der Waals surface area contributed by atoms with Crippen LogP contribution in [0, 0.1) is 5.82 Å². The number of methoxy groups -OCH3 is 1. The van der Waals surface area contributed by atoms with Crippen molar-refractivity contribution in [3.8, 4) is 45.6 Å². The first-order valence-electron chi connectivity index (χ1n) is 10.6. The van der Waals surface area contributed by atoms with Crippen molar-refractivity contribution in [1.82, 2.24) is 9.72 Å². The second-order valence-corrected chi connectivity index (χ2v) is 7.73. The second kappa shape index (κ2) is 8.83. The van der Waals surface area contributed by atoms with Crippen LogP contribution in [0.1, 0.15) is 15.9 Å². The number of hydrogen-bond acceptors (Lipinski definition) is 6. The van der Waals surface area contributed by atoms with Crippen LogP contribution in [-0.4, -0.2) is 32.8 Å². The molecule has 2 N–H and O–H groups in total. The van der Waals surface area contributed by atoms with Crippen LogP contribution in [-0.2, 0) is 0 Å². The zero-order chi connectivity index (χ0) is 24.5. The fraction of sp³-hybridized carbons (Fsp3) is 0.0370. The van der Waals surface area contributed by atoms with E-state index in [9.17, 15) is 19.4 Å². The molecule has 3 aromatic carbocycles. The van der Waals surface area contributed by atoms with Crippen molar-refractivity contribution in [1.29, 1.82) is 0 Å². The number of aromatic nitrogens is 2. The minimum atomic E-state index is -0.606. The van der Waals surface area contributed by atoms with Gasteiger partial charge in [0.2, 0.25) is 5.88 Å². The van der Waals surface area contributed by atoms with E-state index in [0.29, 0.717) is 22.7 Å². The first-order valence-corrected chi connectivity index (χ1v) is 10.6. The van der Waals surface area contributed by atoms with E-state index in [0.717, 1.165) is 5.56 Å². The van der Waals surface area contributed by atoms with E-state index < -0.39 is 23.2 Å². The molecule has 0 fully saturated rings. The number of ether oxygens (including phenoxy) is 1. The standard InChI is InChI=1S/C27H19FN2O5/c1-34-21-11-7-17(8-12-21)25(31)23-24(18-3-2-4-19(28)15-18)30(27(33)26(23)32)20-9-5-16(6-10-20)22-13-14-35-29-22/h2-15,32-33H,1H3. The van der Waals surface area contributed by atoms with Crippen molar-refractivity contribution in [3.05, 3.63) is 102 Å². The third-order valence-electron chi connectivity index (χ3n) is 5.66. The van der Waals surface area contributed by atoms with Gasteiger partial charge in [-0.15, -0.1) is 0 Å². The highest BCUT2D eigenvalue weighted by molar-refractivity contribution is 6.15. The number of benzene rings is 3. The molecular formula is C27H19FN2O5. The van der Waals surface area contributed by atoms with E-state index in [1.807, 2.05) is 0 Å². The van der Waals surface area contributed by atoms with Gasteiger partial charge >= 0.3 is 0 Å². The normalized spacial score (nSPS) is 10.9. The van der Waals surface area contributed by atoms with Crippen molar-refractivity contribution in [3.63, 3.8) is 0 Å². The van der Waals surface area contributed by atoms with Gasteiger partial charge in [-0.25, -0.2) is 4.39 Å². The van der Waals surface area contributed by atoms with Crippen molar-refractivity contribution in [2.75, 3.05) is 7.11 Å². The van der Waals surface area contributed by atoms with E-state index in [1.54, 1.807) is 60.7 Å². The zero-order valence-corrected chi connectivity index (χ0v) is 18.5. The summed E-state index contributed by atoms with van der Waals surface area (Å²) in [7, 11) is 1.51. The molecule has 5 rings (SSSR count). The lowest BCUT2D eigenvalue weighted by molar-refractivity contribution is 0.103. The lowest BCUT2D eigenvalue weighted by Crippen LogP contribution is -2.05. The Kier molecular flexibility index (Phi) is 5.54. The molecule has 174 valence electrons. The minimum absolute atomic E-state index is 0.148. The first-order chi connectivity index (χ1) is 17.0. The van der Waals surface area contributed by atoms with E-state index in [2.05, 4.69) is 5.16 Å². The Balaban J connectivity index is 1.71. The van der Waals surface area contributed by atoms with Gasteiger partial charge in [0.1, 0.15) is 23.5 Å². The van der Waals surface area contributed by atoms with Crippen molar-refractivity contribution >= 4 is 5.78 Å². The molecule has 0 radical (unpaired) electrons. The van der Waals surface area contributed by atoms with Gasteiger partial charge in [-0.2, -0.15) is 0 Å². The minimum Gasteiger partial charge on any atom is -0.503 e. The lowest BCUT2D eigenvalue weighted by Gasteiger charge is -2.13. The molecule has 35 heavy (non-hydrogen) atoms. The van der Waals surface area contributed by atoms with E-state index >= 15 is 0 Å². The molecule has 0 aliphatic rings. The molecule has 0 saturated heterocycles. The number of aromatic hydroxyl groups is 2. The highest BCUT2D eigenvalue weighted by Crippen LogP contribution is 2.44. The molecule has 0 saturated carbocycles. The number of ketones is 1. The molecular weight excluding hydrogens is 451 g/mol. The Bertz CT molecular complexity index is 1500. The smallest absolute Gasteiger partial charge is 0.240 e. The Labute approximate surface area is 199 Å². The van der Waals surface area contributed by atoms with Crippen molar-refractivity contribution in [2.24, 2.45) is 0 Å². The second-order valence-electron chi connectivity index (χ2n) is 7.73. The van der Waals surface area contributed by atoms with Crippen molar-refractivity contribution < 1.29 is 28.7 Å². The zero-order valence-electron chi connectivity index (χ0n) is 18.5. The van der Waals surface area contributed by atoms with Gasteiger partial charge in [-0.1, -0.05) is 29.4 Å². The molecule has 0 aliphatic heterocycles. The van der Waals surface area contributed by atoms with Gasteiger partial charge in [0, 0.05) is 28.4 Å². The molecule has 2 heterocycles. The summed E-state index contributed by atoms with van der Waals surface area (Å²) in [6.07, 6.45) is 1.46. The first kappa shape index (κ1) is 22.0. The SMILES string of the molecule is COc1ccc(C(=O)c2c(O)c(O)n(-c3ccc(-c4ccon4)cc3)c2-c2cccc(F)c2)cc1. The van der Waals surface area contributed by atoms with Crippen LogP contribution in [0.25, 0.3) is 28.2 Å². The topological polar surface area (TPSA) is 97.7 Å². The van der Waals surface area contributed by atoms with E-state index in [-0.39, 0.29) is 16.8 Å². The van der Waals surface area contributed by atoms with Gasteiger partial charge in [0.15, 0.2) is 11.5 Å². The summed E-state index contributed by atoms with van der Waals surface area (Å²) in [4.78, 5) is 13.5. The van der Waals surface area contributed by atoms with Gasteiger partial charge in [-0.05, 0) is 48.5 Å². The maximum atomic E-state index is 14.2. The highest BCUT2D eigenvalue weighted by Gasteiger charge is 2.30. The van der Waals surface area contributed by atoms with Crippen LogP contribution in [0.5, 0.6) is 17.4 Å². The average Bonchev–Trinajstić information content (AvgIpc) is 3.51. The summed E-state index contributed by atoms with van der Waals surface area (Å²) in [6.45, 7) is 0. The number of rotatable bonds is 6. The third kappa shape index (κ3) is 3.91. The molecule has 0 unspecified atom stereocenters. The Hall–Kier alpha value is -4.85. The predicted octanol–water partition coefficient (Wildman–Crippen LogP) is 5.59. The fourth-order valence-electron chi connectivity index (χ4n) is 3.95. The Morgan fingerprint density at radius 3 is 2.34 bits per heavy atom. The summed E-state index contributed by atoms with van der Waals surface area (Å²) in [6, 6.07) is 20.5. The number of carbonyl (C=O) groups excluding carboxylic acids is 1. The quantitative estimate of drug-likeness (QED) is 0.314. The van der Waals surface area contributed by atoms with E-state index in [4.69, 9.17) is 9.26 Å². The van der Waals surface area contributed by atoms with Gasteiger partial charge < -0.3 is 19.5 Å². The summed E-state index contributed by atoms with van der Waals surface area (Å²) in [5.41, 5.74) is 2.39. The van der Waals surface area contributed by atoms with Crippen LogP contribution < -0.4 is 4.74 Å². The number of nitrogens with zero attached hydrogens (tertiary/aromatic N) is 2. The summed E-state index contributed by atoms with van der Waals surface area (Å²) < 4.78 is 25.5. The Morgan fingerprint density at radius 2 is 1.71 bits per heavy atom. The maximum absolute atomic E-state index is 14.2. The third-order valence-corrected chi connectivity index (χ3v) is 5.66. The van der Waals surface area contributed by atoms with Gasteiger partial charge in [-0.3, -0.25) is 9.36 Å². The van der Waals surface area contributed by atoms with Crippen LogP contribution in [0.3, 0.4) is 0 Å². The molecule has 0 spiro atoms. The van der Waals surface area contributed by atoms with Gasteiger partial charge in [0.05, 0.1) is 18.4 Å². The van der Waals surface area contributed by atoms with Crippen LogP contribution in [0.4, 0.5) is 4.39 Å². The van der Waals surface area contributed by atoms with Crippen LogP contribution >= 0.6 is 0 Å². The molecule has 0 atom stereocenters.